The van der Waals surface area contributed by atoms with Gasteiger partial charge < -0.3 is 14.7 Å². The van der Waals surface area contributed by atoms with E-state index >= 15 is 0 Å². The van der Waals surface area contributed by atoms with E-state index in [0.29, 0.717) is 5.56 Å². The summed E-state index contributed by atoms with van der Waals surface area (Å²) in [6.45, 7) is 0. The van der Waals surface area contributed by atoms with Gasteiger partial charge in [-0.1, -0.05) is 30.3 Å². The van der Waals surface area contributed by atoms with E-state index in [-0.39, 0.29) is 6.42 Å². The Morgan fingerprint density at radius 3 is 2.20 bits per heavy atom. The summed E-state index contributed by atoms with van der Waals surface area (Å²) in [4.78, 5) is 26.6. The first kappa shape index (κ1) is 12.6. The van der Waals surface area contributed by atoms with Gasteiger partial charge in [-0.2, -0.15) is 0 Å². The molecular formula is C8H12O5P2. The third-order valence-corrected chi connectivity index (χ3v) is 5.40. The van der Waals surface area contributed by atoms with Gasteiger partial charge in [-0.05, 0) is 12.0 Å². The molecule has 1 aromatic carbocycles. The van der Waals surface area contributed by atoms with Crippen LogP contribution in [-0.2, 0) is 15.6 Å². The molecule has 0 saturated carbocycles. The second-order valence-electron chi connectivity index (χ2n) is 3.13. The Labute approximate surface area is 87.8 Å². The molecule has 0 bridgehead atoms. The molecule has 0 saturated heterocycles. The van der Waals surface area contributed by atoms with Gasteiger partial charge in [-0.25, -0.2) is 0 Å². The van der Waals surface area contributed by atoms with E-state index in [1.165, 1.54) is 0 Å². The van der Waals surface area contributed by atoms with E-state index in [9.17, 15) is 9.13 Å². The molecule has 0 aliphatic rings. The van der Waals surface area contributed by atoms with Crippen LogP contribution in [-0.4, -0.2) is 20.1 Å². The Morgan fingerprint density at radius 2 is 1.80 bits per heavy atom. The highest BCUT2D eigenvalue weighted by atomic mass is 31.2. The Kier molecular flexibility index (Phi) is 4.26. The molecule has 2 unspecified atom stereocenters. The molecule has 0 amide bonds. The van der Waals surface area contributed by atoms with Crippen LogP contribution in [0.25, 0.3) is 0 Å². The summed E-state index contributed by atoms with van der Waals surface area (Å²) in [6, 6.07) is 8.50. The molecule has 0 aromatic heterocycles. The van der Waals surface area contributed by atoms with E-state index in [1.807, 2.05) is 0 Å². The lowest BCUT2D eigenvalue weighted by molar-refractivity contribution is 0.364. The summed E-state index contributed by atoms with van der Waals surface area (Å²) in [5.41, 5.74) is 0.637. The first-order valence-electron chi connectivity index (χ1n) is 4.23. The van der Waals surface area contributed by atoms with E-state index < -0.39 is 21.0 Å². The molecule has 84 valence electrons. The second kappa shape index (κ2) is 5.06. The highest BCUT2D eigenvalue weighted by Crippen LogP contribution is 2.52. The van der Waals surface area contributed by atoms with E-state index in [2.05, 4.69) is 0 Å². The molecule has 1 rings (SSSR count). The molecule has 5 nitrogen and oxygen atoms in total. The molecule has 0 aliphatic heterocycles. The van der Waals surface area contributed by atoms with Crippen molar-refractivity contribution in [2.45, 2.75) is 11.8 Å². The van der Waals surface area contributed by atoms with Crippen LogP contribution in [0.15, 0.2) is 30.3 Å². The van der Waals surface area contributed by atoms with Crippen molar-refractivity contribution in [2.75, 3.05) is 0 Å². The first-order valence-corrected chi connectivity index (χ1v) is 7.34. The fraction of sp³-hybridized carbons (Fsp3) is 0.250. The van der Waals surface area contributed by atoms with Gasteiger partial charge >= 0.3 is 7.60 Å². The first-order chi connectivity index (χ1) is 6.91. The predicted molar refractivity (Wildman–Crippen MR) is 57.2 cm³/mol. The molecule has 1 aromatic rings. The van der Waals surface area contributed by atoms with Gasteiger partial charge in [-0.15, -0.1) is 0 Å². The fourth-order valence-corrected chi connectivity index (χ4v) is 3.20. The Bertz CT molecular complexity index is 385. The largest absolute Gasteiger partial charge is 0.346 e. The molecule has 0 radical (unpaired) electrons. The summed E-state index contributed by atoms with van der Waals surface area (Å²) in [5.74, 6) is 0. The minimum Gasteiger partial charge on any atom is -0.346 e. The predicted octanol–water partition coefficient (Wildman–Crippen LogP) is 1.20. The Balaban J connectivity index is 2.86. The number of hydrogen-bond donors (Lipinski definition) is 3. The zero-order chi connectivity index (χ0) is 11.5. The summed E-state index contributed by atoms with van der Waals surface area (Å²) < 4.78 is 21.8. The quantitative estimate of drug-likeness (QED) is 0.698. The third-order valence-electron chi connectivity index (χ3n) is 1.96. The lowest BCUT2D eigenvalue weighted by Gasteiger charge is -2.14. The number of rotatable bonds is 4. The molecule has 3 N–H and O–H groups in total. The highest BCUT2D eigenvalue weighted by Gasteiger charge is 2.33. The lowest BCUT2D eigenvalue weighted by atomic mass is 10.2. The Morgan fingerprint density at radius 1 is 1.27 bits per heavy atom. The van der Waals surface area contributed by atoms with Crippen LogP contribution in [0.2, 0.25) is 0 Å². The standard InChI is InChI=1S/C8H12O5P2/c9-14(10)8(15(11,12)13)6-7-4-2-1-3-5-7/h1-5,8,14H,6H2,(H,9,10)(H2,11,12,13). The number of hydrogen-bond acceptors (Lipinski definition) is 2. The number of benzene rings is 1. The van der Waals surface area contributed by atoms with Crippen molar-refractivity contribution in [3.63, 3.8) is 0 Å². The van der Waals surface area contributed by atoms with Crippen LogP contribution in [0, 0.1) is 0 Å². The van der Waals surface area contributed by atoms with Crippen molar-refractivity contribution in [3.05, 3.63) is 35.9 Å². The van der Waals surface area contributed by atoms with Crippen molar-refractivity contribution in [2.24, 2.45) is 0 Å². The molecular weight excluding hydrogens is 238 g/mol. The van der Waals surface area contributed by atoms with Gasteiger partial charge in [0.15, 0.2) is 0 Å². The molecule has 0 fully saturated rings. The third kappa shape index (κ3) is 3.90. The summed E-state index contributed by atoms with van der Waals surface area (Å²) in [5, 5.41) is -1.48. The van der Waals surface area contributed by atoms with E-state index in [4.69, 9.17) is 14.7 Å². The SMILES string of the molecule is O=[PH](O)C(Cc1ccccc1)P(=O)(O)O. The van der Waals surface area contributed by atoms with Gasteiger partial charge in [0.05, 0.1) is 0 Å². The maximum absolute atomic E-state index is 10.9. The minimum absolute atomic E-state index is 0.0839. The minimum atomic E-state index is -4.51. The van der Waals surface area contributed by atoms with Gasteiger partial charge in [0.25, 0.3) is 0 Å². The van der Waals surface area contributed by atoms with Crippen molar-refractivity contribution < 1.29 is 23.8 Å². The van der Waals surface area contributed by atoms with E-state index in [1.54, 1.807) is 30.3 Å². The summed E-state index contributed by atoms with van der Waals surface area (Å²) >= 11 is 0. The Hall–Kier alpha value is -0.440. The lowest BCUT2D eigenvalue weighted by Crippen LogP contribution is -2.07. The van der Waals surface area contributed by atoms with Gasteiger partial charge in [0.2, 0.25) is 8.03 Å². The average Bonchev–Trinajstić information content (AvgIpc) is 2.13. The monoisotopic (exact) mass is 250 g/mol. The highest BCUT2D eigenvalue weighted by molar-refractivity contribution is 7.65. The molecule has 2 atom stereocenters. The van der Waals surface area contributed by atoms with Crippen molar-refractivity contribution >= 4 is 15.6 Å². The van der Waals surface area contributed by atoms with Crippen LogP contribution < -0.4 is 0 Å². The van der Waals surface area contributed by atoms with Crippen LogP contribution in [0.4, 0.5) is 0 Å². The van der Waals surface area contributed by atoms with Crippen LogP contribution in [0.1, 0.15) is 5.56 Å². The van der Waals surface area contributed by atoms with Gasteiger partial charge in [0.1, 0.15) is 5.40 Å². The van der Waals surface area contributed by atoms with Crippen LogP contribution in [0.5, 0.6) is 0 Å². The maximum atomic E-state index is 10.9. The molecule has 7 heteroatoms. The maximum Gasteiger partial charge on any atom is 0.338 e. The zero-order valence-electron chi connectivity index (χ0n) is 7.78. The van der Waals surface area contributed by atoms with Gasteiger partial charge in [0, 0.05) is 0 Å². The topological polar surface area (TPSA) is 94.8 Å². The van der Waals surface area contributed by atoms with Crippen molar-refractivity contribution in [1.82, 2.24) is 0 Å². The van der Waals surface area contributed by atoms with Crippen molar-refractivity contribution in [1.29, 1.82) is 0 Å². The normalized spacial score (nSPS) is 15.9. The fourth-order valence-electron chi connectivity index (χ4n) is 1.19. The van der Waals surface area contributed by atoms with Gasteiger partial charge in [-0.3, -0.25) is 9.13 Å². The zero-order valence-corrected chi connectivity index (χ0v) is 9.67. The average molecular weight is 250 g/mol. The molecule has 15 heavy (non-hydrogen) atoms. The second-order valence-corrected chi connectivity index (χ2v) is 6.79. The molecule has 0 aliphatic carbocycles. The van der Waals surface area contributed by atoms with Crippen LogP contribution in [0.3, 0.4) is 0 Å². The smallest absolute Gasteiger partial charge is 0.338 e. The molecule has 0 spiro atoms. The summed E-state index contributed by atoms with van der Waals surface area (Å²) in [6.07, 6.45) is -0.0839. The van der Waals surface area contributed by atoms with E-state index in [0.717, 1.165) is 0 Å². The van der Waals surface area contributed by atoms with Crippen LogP contribution >= 0.6 is 15.6 Å². The summed E-state index contributed by atoms with van der Waals surface area (Å²) in [7, 11) is -7.76. The molecule has 0 heterocycles. The van der Waals surface area contributed by atoms with Crippen molar-refractivity contribution in [3.8, 4) is 0 Å².